The van der Waals surface area contributed by atoms with Crippen LogP contribution in [0.1, 0.15) is 49.9 Å². The molecule has 20 rings (SSSR count). The van der Waals surface area contributed by atoms with Crippen LogP contribution in [-0.4, -0.2) is 28.7 Å². The number of nitrogens with zero attached hydrogens (tertiary/aromatic N) is 4. The first-order chi connectivity index (χ1) is 41.3. The van der Waals surface area contributed by atoms with Crippen molar-refractivity contribution in [2.75, 3.05) is 19.6 Å². The van der Waals surface area contributed by atoms with Crippen LogP contribution >= 0.6 is 0 Å². The van der Waals surface area contributed by atoms with Gasteiger partial charge in [0.15, 0.2) is 0 Å². The summed E-state index contributed by atoms with van der Waals surface area (Å²) in [5.41, 5.74) is 24.8. The summed E-state index contributed by atoms with van der Waals surface area (Å²) >= 11 is -6.52. The summed E-state index contributed by atoms with van der Waals surface area (Å²) in [6.07, 6.45) is 0. The fraction of sp³-hybridized carbons (Fsp3) is 0.0789. The summed E-state index contributed by atoms with van der Waals surface area (Å²) in [5.74, 6) is 3.94. The molecule has 6 nitrogen and oxygen atoms in total. The molecule has 8 aliphatic rings. The molecule has 0 saturated carbocycles. The molecule has 396 valence electrons. The third kappa shape index (κ3) is 5.52. The van der Waals surface area contributed by atoms with Crippen molar-refractivity contribution >= 4 is 134 Å². The van der Waals surface area contributed by atoms with Crippen molar-refractivity contribution in [3.8, 4) is 45.3 Å². The number of hydrogen-bond donors (Lipinski definition) is 0. The van der Waals surface area contributed by atoms with Crippen molar-refractivity contribution < 1.29 is 9.47 Å². The Morgan fingerprint density at radius 1 is 0.310 bits per heavy atom. The number of anilines is 12. The zero-order valence-corrected chi connectivity index (χ0v) is 51.5. The first-order valence-corrected chi connectivity index (χ1v) is 36.8. The van der Waals surface area contributed by atoms with Crippen LogP contribution in [0.15, 0.2) is 231 Å². The predicted octanol–water partition coefficient (Wildman–Crippen LogP) is 15.3. The van der Waals surface area contributed by atoms with E-state index in [1.807, 2.05) is 0 Å². The topological polar surface area (TPSA) is 31.4 Å². The minimum atomic E-state index is -3.27. The van der Waals surface area contributed by atoms with Gasteiger partial charge in [0, 0.05) is 0 Å². The summed E-state index contributed by atoms with van der Waals surface area (Å²) in [5, 5.41) is 2.28. The van der Waals surface area contributed by atoms with Gasteiger partial charge < -0.3 is 0 Å². The van der Waals surface area contributed by atoms with Crippen molar-refractivity contribution in [1.29, 1.82) is 0 Å². The van der Waals surface area contributed by atoms with Crippen molar-refractivity contribution in [3.05, 3.63) is 253 Å². The Kier molecular flexibility index (Phi) is 8.76. The summed E-state index contributed by atoms with van der Waals surface area (Å²) in [7, 11) is 0. The molecule has 6 aliphatic heterocycles. The van der Waals surface area contributed by atoms with Gasteiger partial charge in [-0.05, 0) is 0 Å². The standard InChI is InChI=1S/C76H52Ge2N4O2/c1-75(2)52-33-19-17-31-48(52)50-41-58-67-72(63(50)75)82(47-29-15-8-16-30-47)56-37-22-38-59-66(56)78(67)68-57(79(58)44-23-9-5-10-24-44)39-43-40-60-69-71(62(43)74(68)84-59)80(45-25-11-6-12-26-45)54-35-21-36-55-65(54)77(69)70-61(83-60)42-51-49-32-18-20-34-53(49)76(3,4)64(51)73(70)81(55)46-27-13-7-14-28-46/h5-42,77-78H,1-4H3. The second-order valence-corrected chi connectivity index (χ2v) is 35.9. The molecule has 12 aromatic carbocycles. The number of rotatable bonds is 4. The molecule has 2 unspecified atom stereocenters. The van der Waals surface area contributed by atoms with E-state index in [4.69, 9.17) is 9.47 Å². The quantitative estimate of drug-likeness (QED) is 0.163. The fourth-order valence-corrected chi connectivity index (χ4v) is 33.3. The molecule has 84 heavy (non-hydrogen) atoms. The molecule has 2 atom stereocenters. The molecule has 0 aromatic heterocycles. The van der Waals surface area contributed by atoms with Crippen LogP contribution in [0.2, 0.25) is 0 Å². The van der Waals surface area contributed by atoms with Crippen LogP contribution < -0.4 is 55.4 Å². The summed E-state index contributed by atoms with van der Waals surface area (Å²) in [4.78, 5) is 10.5. The Balaban J connectivity index is 0.947. The van der Waals surface area contributed by atoms with Gasteiger partial charge in [0.1, 0.15) is 0 Å². The van der Waals surface area contributed by atoms with Crippen LogP contribution in [0.4, 0.5) is 68.2 Å². The zero-order valence-electron chi connectivity index (χ0n) is 46.7. The fourth-order valence-electron chi connectivity index (χ4n) is 17.1. The first-order valence-electron chi connectivity index (χ1n) is 29.6. The Morgan fingerprint density at radius 3 is 1.33 bits per heavy atom. The van der Waals surface area contributed by atoms with E-state index < -0.39 is 28.7 Å². The second kappa shape index (κ2) is 15.9. The van der Waals surface area contributed by atoms with Crippen molar-refractivity contribution in [2.45, 2.75) is 38.5 Å². The molecule has 2 aliphatic carbocycles. The van der Waals surface area contributed by atoms with Gasteiger partial charge in [0.25, 0.3) is 0 Å². The summed E-state index contributed by atoms with van der Waals surface area (Å²) in [6.45, 7) is 9.80. The number of benzene rings is 12. The molecule has 0 fully saturated rings. The van der Waals surface area contributed by atoms with Crippen molar-refractivity contribution in [3.63, 3.8) is 0 Å². The minimum absolute atomic E-state index is 0.276. The van der Waals surface area contributed by atoms with E-state index in [0.29, 0.717) is 0 Å². The van der Waals surface area contributed by atoms with Gasteiger partial charge in [-0.15, -0.1) is 0 Å². The summed E-state index contributed by atoms with van der Waals surface area (Å²) < 4.78 is 24.4. The van der Waals surface area contributed by atoms with E-state index in [2.05, 4.69) is 278 Å². The van der Waals surface area contributed by atoms with Gasteiger partial charge in [0.05, 0.1) is 0 Å². The van der Waals surface area contributed by atoms with E-state index in [-0.39, 0.29) is 10.8 Å². The average Bonchev–Trinajstić information content (AvgIpc) is 0.993. The molecular formula is C76H52Ge2N4O2. The Hall–Kier alpha value is -9.21. The van der Waals surface area contributed by atoms with Crippen molar-refractivity contribution in [1.82, 2.24) is 0 Å². The SMILES string of the molecule is CC1(C)c2ccccc2-c2cc3[c]4c(c21)N(c1ccccc1)c1cccc2[c]1[GeH]4[c]1c(cc4cc5[c]6c(c4c1N2c1ccccc1)Oc1cccc2[c]1[GeH]6[c]1c(cc4c(c1N2c1ccccc1)C(C)(C)c1ccccc1-4)N5c1ccccc1)O3. The first kappa shape index (κ1) is 46.3. The van der Waals surface area contributed by atoms with Crippen LogP contribution in [0, 0.1) is 0 Å². The number of hydrogen-bond acceptors (Lipinski definition) is 6. The molecule has 0 radical (unpaired) electrons. The third-order valence-corrected chi connectivity index (χ3v) is 34.7. The average molecular weight is 1200 g/mol. The van der Waals surface area contributed by atoms with Crippen LogP contribution in [0.5, 0.6) is 23.0 Å². The zero-order chi connectivity index (χ0) is 55.2. The van der Waals surface area contributed by atoms with Crippen LogP contribution in [-0.2, 0) is 10.8 Å². The number of para-hydroxylation sites is 4. The molecule has 0 saturated heterocycles. The van der Waals surface area contributed by atoms with Gasteiger partial charge in [-0.2, -0.15) is 0 Å². The molecular weight excluding hydrogens is 1150 g/mol. The van der Waals surface area contributed by atoms with E-state index in [0.717, 1.165) is 51.1 Å². The van der Waals surface area contributed by atoms with Gasteiger partial charge in [0.2, 0.25) is 0 Å². The monoisotopic (exact) mass is 1200 g/mol. The maximum atomic E-state index is 8.02. The van der Waals surface area contributed by atoms with E-state index in [1.54, 1.807) is 0 Å². The second-order valence-electron chi connectivity index (χ2n) is 25.0. The van der Waals surface area contributed by atoms with E-state index in [1.165, 1.54) is 122 Å². The molecule has 0 amide bonds. The Labute approximate surface area is 496 Å². The summed E-state index contributed by atoms with van der Waals surface area (Å²) in [6, 6.07) is 86.8. The van der Waals surface area contributed by atoms with Gasteiger partial charge >= 0.3 is 500 Å². The van der Waals surface area contributed by atoms with E-state index >= 15 is 0 Å². The van der Waals surface area contributed by atoms with Crippen LogP contribution in [0.25, 0.3) is 33.0 Å². The van der Waals surface area contributed by atoms with Gasteiger partial charge in [-0.25, -0.2) is 0 Å². The molecule has 0 N–H and O–H groups in total. The molecule has 0 spiro atoms. The normalized spacial score (nSPS) is 17.6. The maximum absolute atomic E-state index is 8.02. The Morgan fingerprint density at radius 2 is 0.750 bits per heavy atom. The Bertz CT molecular complexity index is 5010. The molecule has 0 bridgehead atoms. The number of fused-ring (bicyclic) bond motifs is 11. The number of ether oxygens (including phenoxy) is 2. The van der Waals surface area contributed by atoms with Crippen molar-refractivity contribution in [2.24, 2.45) is 0 Å². The molecule has 8 heteroatoms. The van der Waals surface area contributed by atoms with Gasteiger partial charge in [-0.1, -0.05) is 0 Å². The predicted molar refractivity (Wildman–Crippen MR) is 350 cm³/mol. The molecule has 12 aromatic rings. The van der Waals surface area contributed by atoms with E-state index in [9.17, 15) is 0 Å². The molecule has 6 heterocycles. The van der Waals surface area contributed by atoms with Gasteiger partial charge in [-0.3, -0.25) is 0 Å². The third-order valence-electron chi connectivity index (χ3n) is 20.2. The van der Waals surface area contributed by atoms with Crippen LogP contribution in [0.3, 0.4) is 0 Å².